The zero-order chi connectivity index (χ0) is 14.3. The van der Waals surface area contributed by atoms with Crippen molar-refractivity contribution in [2.75, 3.05) is 44.0 Å². The van der Waals surface area contributed by atoms with E-state index < -0.39 is 0 Å². The van der Waals surface area contributed by atoms with Crippen LogP contribution >= 0.6 is 0 Å². The zero-order valence-electron chi connectivity index (χ0n) is 11.7. The molecule has 0 aliphatic heterocycles. The van der Waals surface area contributed by atoms with Crippen LogP contribution in [0.2, 0.25) is 0 Å². The highest BCUT2D eigenvalue weighted by Crippen LogP contribution is 2.13. The van der Waals surface area contributed by atoms with Crippen LogP contribution in [-0.4, -0.2) is 54.7 Å². The van der Waals surface area contributed by atoms with Gasteiger partial charge in [0, 0.05) is 20.6 Å². The molecule has 106 valence electrons. The van der Waals surface area contributed by atoms with Gasteiger partial charge in [-0.3, -0.25) is 4.79 Å². The topological polar surface area (TPSA) is 92.3 Å². The Morgan fingerprint density at radius 1 is 1.32 bits per heavy atom. The van der Waals surface area contributed by atoms with Gasteiger partial charge >= 0.3 is 6.01 Å². The molecule has 0 aromatic carbocycles. The van der Waals surface area contributed by atoms with Gasteiger partial charge in [0.1, 0.15) is 0 Å². The summed E-state index contributed by atoms with van der Waals surface area (Å²) >= 11 is 0. The van der Waals surface area contributed by atoms with E-state index in [1.807, 2.05) is 13.8 Å². The highest BCUT2D eigenvalue weighted by molar-refractivity contribution is 5.80. The van der Waals surface area contributed by atoms with Crippen molar-refractivity contribution >= 4 is 17.8 Å². The van der Waals surface area contributed by atoms with E-state index >= 15 is 0 Å². The fourth-order valence-corrected chi connectivity index (χ4v) is 1.31. The first-order valence-electron chi connectivity index (χ1n) is 6.15. The van der Waals surface area contributed by atoms with Crippen LogP contribution in [0.5, 0.6) is 6.01 Å². The molecular weight excluding hydrogens is 248 g/mol. The highest BCUT2D eigenvalue weighted by atomic mass is 16.5. The Bertz CT molecular complexity index is 401. The average molecular weight is 268 g/mol. The molecular formula is C11H20N6O2. The van der Waals surface area contributed by atoms with Crippen LogP contribution in [0.3, 0.4) is 0 Å². The molecule has 0 fully saturated rings. The molecule has 0 atom stereocenters. The number of aromatic nitrogens is 3. The first-order chi connectivity index (χ1) is 9.10. The Morgan fingerprint density at radius 3 is 2.63 bits per heavy atom. The summed E-state index contributed by atoms with van der Waals surface area (Å²) < 4.78 is 5.29. The maximum atomic E-state index is 11.3. The Kier molecular flexibility index (Phi) is 5.77. The van der Waals surface area contributed by atoms with Gasteiger partial charge in [0.15, 0.2) is 0 Å². The molecule has 1 rings (SSSR count). The van der Waals surface area contributed by atoms with Crippen molar-refractivity contribution in [3.63, 3.8) is 0 Å². The largest absolute Gasteiger partial charge is 0.464 e. The van der Waals surface area contributed by atoms with E-state index in [2.05, 4.69) is 25.6 Å². The van der Waals surface area contributed by atoms with Crippen LogP contribution in [0.1, 0.15) is 13.8 Å². The van der Waals surface area contributed by atoms with E-state index in [9.17, 15) is 4.79 Å². The van der Waals surface area contributed by atoms with E-state index in [4.69, 9.17) is 4.74 Å². The van der Waals surface area contributed by atoms with Crippen LogP contribution in [0, 0.1) is 0 Å². The Labute approximate surface area is 112 Å². The second kappa shape index (κ2) is 7.34. The van der Waals surface area contributed by atoms with Crippen LogP contribution in [-0.2, 0) is 4.79 Å². The van der Waals surface area contributed by atoms with Crippen LogP contribution < -0.4 is 20.3 Å². The number of nitrogens with zero attached hydrogens (tertiary/aromatic N) is 4. The molecule has 8 nitrogen and oxygen atoms in total. The summed E-state index contributed by atoms with van der Waals surface area (Å²) in [6.45, 7) is 5.11. The second-order valence-corrected chi connectivity index (χ2v) is 3.73. The van der Waals surface area contributed by atoms with E-state index in [1.54, 1.807) is 19.0 Å². The number of hydrogen-bond acceptors (Lipinski definition) is 7. The van der Waals surface area contributed by atoms with Gasteiger partial charge in [-0.1, -0.05) is 0 Å². The first-order valence-corrected chi connectivity index (χ1v) is 6.15. The summed E-state index contributed by atoms with van der Waals surface area (Å²) in [6, 6.07) is 0.243. The van der Waals surface area contributed by atoms with Crippen molar-refractivity contribution < 1.29 is 9.53 Å². The summed E-state index contributed by atoms with van der Waals surface area (Å²) in [5.41, 5.74) is 0. The smallest absolute Gasteiger partial charge is 0.323 e. The normalized spacial score (nSPS) is 9.89. The lowest BCUT2D eigenvalue weighted by Gasteiger charge is -2.17. The average Bonchev–Trinajstić information content (AvgIpc) is 2.39. The number of carbonyl (C=O) groups excluding carboxylic acids is 1. The van der Waals surface area contributed by atoms with Gasteiger partial charge < -0.3 is 20.3 Å². The van der Waals surface area contributed by atoms with E-state index in [-0.39, 0.29) is 18.5 Å². The summed E-state index contributed by atoms with van der Waals surface area (Å²) in [6.07, 6.45) is 0. The van der Waals surface area contributed by atoms with Crippen LogP contribution in [0.15, 0.2) is 0 Å². The molecule has 0 spiro atoms. The van der Waals surface area contributed by atoms with Gasteiger partial charge in [0.2, 0.25) is 17.8 Å². The number of carbonyl (C=O) groups is 1. The molecule has 0 bridgehead atoms. The van der Waals surface area contributed by atoms with Crippen molar-refractivity contribution in [1.29, 1.82) is 0 Å². The summed E-state index contributed by atoms with van der Waals surface area (Å²) in [5.74, 6) is 0.698. The molecule has 1 aromatic heterocycles. The van der Waals surface area contributed by atoms with Crippen LogP contribution in [0.4, 0.5) is 11.9 Å². The summed E-state index contributed by atoms with van der Waals surface area (Å²) in [5, 5.41) is 5.55. The van der Waals surface area contributed by atoms with Gasteiger partial charge in [0.25, 0.3) is 0 Å². The van der Waals surface area contributed by atoms with Crippen molar-refractivity contribution in [3.8, 4) is 6.01 Å². The molecule has 1 amide bonds. The summed E-state index contributed by atoms with van der Waals surface area (Å²) in [4.78, 5) is 25.5. The lowest BCUT2D eigenvalue weighted by molar-refractivity contribution is -0.119. The highest BCUT2D eigenvalue weighted by Gasteiger charge is 2.13. The standard InChI is InChI=1S/C11H20N6O2/c1-5-13-9-14-10(16-11(15-9)19-6-2)17(4)7-8(18)12-3/h5-7H2,1-4H3,(H,12,18)(H,13,14,15,16). The fraction of sp³-hybridized carbons (Fsp3) is 0.636. The molecule has 1 heterocycles. The van der Waals surface area contributed by atoms with E-state index in [1.165, 1.54) is 0 Å². The SMILES string of the molecule is CCNc1nc(OCC)nc(N(C)CC(=O)NC)n1. The molecule has 0 unspecified atom stereocenters. The van der Waals surface area contributed by atoms with Crippen molar-refractivity contribution in [1.82, 2.24) is 20.3 Å². The molecule has 0 radical (unpaired) electrons. The van der Waals surface area contributed by atoms with E-state index in [0.717, 1.165) is 0 Å². The number of rotatable bonds is 7. The molecule has 19 heavy (non-hydrogen) atoms. The van der Waals surface area contributed by atoms with Crippen molar-refractivity contribution in [2.45, 2.75) is 13.8 Å². The van der Waals surface area contributed by atoms with Gasteiger partial charge in [-0.25, -0.2) is 0 Å². The van der Waals surface area contributed by atoms with Crippen LogP contribution in [0.25, 0.3) is 0 Å². The zero-order valence-corrected chi connectivity index (χ0v) is 11.7. The summed E-state index contributed by atoms with van der Waals surface area (Å²) in [7, 11) is 3.31. The Balaban J connectivity index is 2.93. The molecule has 0 saturated heterocycles. The minimum atomic E-state index is -0.120. The molecule has 2 N–H and O–H groups in total. The lowest BCUT2D eigenvalue weighted by atomic mass is 10.5. The number of amides is 1. The lowest BCUT2D eigenvalue weighted by Crippen LogP contribution is -2.34. The quantitative estimate of drug-likeness (QED) is 0.712. The molecule has 0 aliphatic rings. The van der Waals surface area contributed by atoms with Gasteiger partial charge in [-0.2, -0.15) is 15.0 Å². The minimum absolute atomic E-state index is 0.120. The molecule has 8 heteroatoms. The predicted octanol–water partition coefficient (Wildman–Crippen LogP) is -0.116. The molecule has 1 aromatic rings. The van der Waals surface area contributed by atoms with E-state index in [0.29, 0.717) is 25.0 Å². The number of anilines is 2. The van der Waals surface area contributed by atoms with Gasteiger partial charge in [-0.05, 0) is 13.8 Å². The first kappa shape index (κ1) is 14.9. The number of nitrogens with one attached hydrogen (secondary N) is 2. The third kappa shape index (κ3) is 4.57. The minimum Gasteiger partial charge on any atom is -0.464 e. The second-order valence-electron chi connectivity index (χ2n) is 3.73. The molecule has 0 saturated carbocycles. The maximum Gasteiger partial charge on any atom is 0.323 e. The fourth-order valence-electron chi connectivity index (χ4n) is 1.31. The number of hydrogen-bond donors (Lipinski definition) is 2. The van der Waals surface area contributed by atoms with Gasteiger partial charge in [0.05, 0.1) is 13.2 Å². The van der Waals surface area contributed by atoms with Gasteiger partial charge in [-0.15, -0.1) is 0 Å². The third-order valence-corrected chi connectivity index (χ3v) is 2.21. The monoisotopic (exact) mass is 268 g/mol. The number of likely N-dealkylation sites (N-methyl/N-ethyl adjacent to an activating group) is 2. The van der Waals surface area contributed by atoms with Crippen molar-refractivity contribution in [2.24, 2.45) is 0 Å². The Hall–Kier alpha value is -2.12. The predicted molar refractivity (Wildman–Crippen MR) is 72.5 cm³/mol. The molecule has 0 aliphatic carbocycles. The third-order valence-electron chi connectivity index (χ3n) is 2.21. The maximum absolute atomic E-state index is 11.3. The van der Waals surface area contributed by atoms with Crippen molar-refractivity contribution in [3.05, 3.63) is 0 Å². The number of ether oxygens (including phenoxy) is 1. The Morgan fingerprint density at radius 2 is 2.05 bits per heavy atom.